The minimum atomic E-state index is -0.838. The molecular weight excluding hydrogens is 226 g/mol. The third-order valence-corrected chi connectivity index (χ3v) is 2.97. The zero-order chi connectivity index (χ0) is 12.9. The lowest BCUT2D eigenvalue weighted by Crippen LogP contribution is -2.40. The van der Waals surface area contributed by atoms with Gasteiger partial charge in [0.2, 0.25) is 0 Å². The number of ether oxygens (including phenoxy) is 3. The van der Waals surface area contributed by atoms with Crippen LogP contribution in [0.1, 0.15) is 26.7 Å². The number of nitrogens with two attached hydrogens (primary N) is 1. The number of amides is 1. The Morgan fingerprint density at radius 2 is 2.35 bits per heavy atom. The Hall–Kier alpha value is -1.14. The minimum absolute atomic E-state index is 0.0595. The second kappa shape index (κ2) is 5.97. The predicted molar refractivity (Wildman–Crippen MR) is 59.2 cm³/mol. The van der Waals surface area contributed by atoms with Crippen LogP contribution in [0.25, 0.3) is 0 Å². The molecular formula is C11H19NO5. The Bertz CT molecular complexity index is 273. The normalized spacial score (nSPS) is 22.1. The van der Waals surface area contributed by atoms with E-state index in [1.165, 1.54) is 0 Å². The van der Waals surface area contributed by atoms with Crippen molar-refractivity contribution < 1.29 is 23.8 Å². The Morgan fingerprint density at radius 1 is 1.65 bits per heavy atom. The molecule has 17 heavy (non-hydrogen) atoms. The van der Waals surface area contributed by atoms with Gasteiger partial charge >= 0.3 is 6.09 Å². The molecule has 0 aromatic carbocycles. The van der Waals surface area contributed by atoms with E-state index in [9.17, 15) is 9.59 Å². The van der Waals surface area contributed by atoms with Crippen LogP contribution < -0.4 is 5.73 Å². The van der Waals surface area contributed by atoms with Gasteiger partial charge in [-0.25, -0.2) is 4.79 Å². The van der Waals surface area contributed by atoms with E-state index in [2.05, 4.69) is 0 Å². The van der Waals surface area contributed by atoms with Gasteiger partial charge in [0, 0.05) is 12.3 Å². The number of carbonyl (C=O) groups excluding carboxylic acids is 2. The van der Waals surface area contributed by atoms with E-state index in [0.717, 1.165) is 6.29 Å². The summed E-state index contributed by atoms with van der Waals surface area (Å²) in [6.07, 6.45) is 0.802. The molecule has 1 aliphatic heterocycles. The predicted octanol–water partition coefficient (Wildman–Crippen LogP) is 0.829. The molecule has 1 rings (SSSR count). The Balaban J connectivity index is 2.61. The molecule has 0 saturated carbocycles. The second-order valence-electron chi connectivity index (χ2n) is 4.64. The summed E-state index contributed by atoms with van der Waals surface area (Å²) in [5.41, 5.74) is 4.22. The number of hydrogen-bond acceptors (Lipinski definition) is 5. The molecule has 1 aliphatic rings. The minimum Gasteiger partial charge on any atom is -0.443 e. The van der Waals surface area contributed by atoms with Crippen LogP contribution in [0.4, 0.5) is 4.79 Å². The molecule has 98 valence electrons. The largest absolute Gasteiger partial charge is 0.443 e. The summed E-state index contributed by atoms with van der Waals surface area (Å²) >= 11 is 0. The van der Waals surface area contributed by atoms with Gasteiger partial charge in [-0.2, -0.15) is 0 Å². The summed E-state index contributed by atoms with van der Waals surface area (Å²) < 4.78 is 15.5. The number of rotatable bonds is 6. The summed E-state index contributed by atoms with van der Waals surface area (Å²) in [5, 5.41) is 0. The fourth-order valence-electron chi connectivity index (χ4n) is 1.95. The van der Waals surface area contributed by atoms with Gasteiger partial charge in [0.05, 0.1) is 12.7 Å². The molecule has 1 amide bonds. The first-order chi connectivity index (χ1) is 7.95. The molecule has 2 N–H and O–H groups in total. The van der Waals surface area contributed by atoms with E-state index in [-0.39, 0.29) is 18.8 Å². The van der Waals surface area contributed by atoms with Crippen LogP contribution >= 0.6 is 0 Å². The number of primary amides is 1. The van der Waals surface area contributed by atoms with Crippen molar-refractivity contribution in [1.29, 1.82) is 0 Å². The first-order valence-electron chi connectivity index (χ1n) is 5.57. The van der Waals surface area contributed by atoms with Gasteiger partial charge in [-0.05, 0) is 20.3 Å². The van der Waals surface area contributed by atoms with Crippen LogP contribution in [0.5, 0.6) is 0 Å². The van der Waals surface area contributed by atoms with Gasteiger partial charge < -0.3 is 24.7 Å². The van der Waals surface area contributed by atoms with E-state index < -0.39 is 11.7 Å². The molecule has 0 radical (unpaired) electrons. The molecule has 0 aromatic rings. The fourth-order valence-corrected chi connectivity index (χ4v) is 1.95. The summed E-state index contributed by atoms with van der Waals surface area (Å²) in [5.74, 6) is -0.140. The monoisotopic (exact) mass is 245 g/mol. The van der Waals surface area contributed by atoms with Crippen molar-refractivity contribution >= 4 is 12.4 Å². The van der Waals surface area contributed by atoms with Crippen LogP contribution in [0.3, 0.4) is 0 Å². The van der Waals surface area contributed by atoms with Crippen molar-refractivity contribution in [3.05, 3.63) is 0 Å². The van der Waals surface area contributed by atoms with Crippen molar-refractivity contribution in [3.63, 3.8) is 0 Å². The topological polar surface area (TPSA) is 87.9 Å². The average Bonchev–Trinajstić information content (AvgIpc) is 2.67. The highest BCUT2D eigenvalue weighted by Gasteiger charge is 2.35. The quantitative estimate of drug-likeness (QED) is 0.700. The van der Waals surface area contributed by atoms with Crippen LogP contribution in [-0.2, 0) is 19.0 Å². The van der Waals surface area contributed by atoms with E-state index >= 15 is 0 Å². The summed E-state index contributed by atoms with van der Waals surface area (Å²) in [7, 11) is 0. The van der Waals surface area contributed by atoms with Crippen molar-refractivity contribution in [1.82, 2.24) is 0 Å². The lowest BCUT2D eigenvalue weighted by Gasteiger charge is -2.33. The SMILES string of the molecule is CC(C)(OC(N)=O)C(CC=O)CC1COCO1. The number of hydrogen-bond donors (Lipinski definition) is 1. The number of carbonyl (C=O) groups is 2. The van der Waals surface area contributed by atoms with Crippen LogP contribution in [-0.4, -0.2) is 37.5 Å². The van der Waals surface area contributed by atoms with Crippen LogP contribution in [0, 0.1) is 5.92 Å². The van der Waals surface area contributed by atoms with Gasteiger partial charge in [0.15, 0.2) is 0 Å². The van der Waals surface area contributed by atoms with Crippen LogP contribution in [0.15, 0.2) is 0 Å². The lowest BCUT2D eigenvalue weighted by molar-refractivity contribution is -0.111. The van der Waals surface area contributed by atoms with Crippen molar-refractivity contribution in [3.8, 4) is 0 Å². The summed E-state index contributed by atoms with van der Waals surface area (Å²) in [6.45, 7) is 4.25. The maximum Gasteiger partial charge on any atom is 0.405 e. The fraction of sp³-hybridized carbons (Fsp3) is 0.818. The molecule has 2 unspecified atom stereocenters. The average molecular weight is 245 g/mol. The highest BCUT2D eigenvalue weighted by atomic mass is 16.7. The second-order valence-corrected chi connectivity index (χ2v) is 4.64. The molecule has 0 bridgehead atoms. The maximum absolute atomic E-state index is 10.8. The number of aldehydes is 1. The van der Waals surface area contributed by atoms with Gasteiger partial charge in [-0.3, -0.25) is 0 Å². The van der Waals surface area contributed by atoms with Gasteiger partial charge in [-0.15, -0.1) is 0 Å². The first kappa shape index (κ1) is 13.9. The molecule has 2 atom stereocenters. The van der Waals surface area contributed by atoms with E-state index in [0.29, 0.717) is 19.4 Å². The van der Waals surface area contributed by atoms with Gasteiger partial charge in [0.1, 0.15) is 18.7 Å². The first-order valence-corrected chi connectivity index (χ1v) is 5.57. The molecule has 1 saturated heterocycles. The molecule has 1 fully saturated rings. The third kappa shape index (κ3) is 4.32. The molecule has 1 heterocycles. The molecule has 0 aliphatic carbocycles. The van der Waals surface area contributed by atoms with E-state index in [4.69, 9.17) is 19.9 Å². The lowest BCUT2D eigenvalue weighted by atomic mass is 9.84. The zero-order valence-corrected chi connectivity index (χ0v) is 10.2. The Morgan fingerprint density at radius 3 is 2.82 bits per heavy atom. The molecule has 6 heteroatoms. The van der Waals surface area contributed by atoms with Gasteiger partial charge in [0.25, 0.3) is 0 Å². The smallest absolute Gasteiger partial charge is 0.405 e. The highest BCUT2D eigenvalue weighted by molar-refractivity contribution is 5.65. The highest BCUT2D eigenvalue weighted by Crippen LogP contribution is 2.29. The third-order valence-electron chi connectivity index (χ3n) is 2.97. The van der Waals surface area contributed by atoms with E-state index in [1.807, 2.05) is 0 Å². The Labute approximate surface area is 100 Å². The maximum atomic E-state index is 10.8. The van der Waals surface area contributed by atoms with Crippen LogP contribution in [0.2, 0.25) is 0 Å². The molecule has 6 nitrogen and oxygen atoms in total. The molecule has 0 aromatic heterocycles. The standard InChI is InChI=1S/C11H19NO5/c1-11(2,17-10(12)14)8(3-4-13)5-9-6-15-7-16-9/h4,8-9H,3,5-7H2,1-2H3,(H2,12,14). The van der Waals surface area contributed by atoms with E-state index in [1.54, 1.807) is 13.8 Å². The molecule has 0 spiro atoms. The van der Waals surface area contributed by atoms with Crippen molar-refractivity contribution in [2.75, 3.05) is 13.4 Å². The summed E-state index contributed by atoms with van der Waals surface area (Å²) in [6, 6.07) is 0. The summed E-state index contributed by atoms with van der Waals surface area (Å²) in [4.78, 5) is 21.5. The van der Waals surface area contributed by atoms with Crippen molar-refractivity contribution in [2.45, 2.75) is 38.4 Å². The van der Waals surface area contributed by atoms with Crippen molar-refractivity contribution in [2.24, 2.45) is 11.7 Å². The zero-order valence-electron chi connectivity index (χ0n) is 10.2. The Kier molecular flexibility index (Phi) is 4.89. The van der Waals surface area contributed by atoms with Gasteiger partial charge in [-0.1, -0.05) is 0 Å².